The molecule has 0 aliphatic heterocycles. The maximum atomic E-state index is 12.3. The van der Waals surface area contributed by atoms with E-state index in [-0.39, 0.29) is 17.2 Å². The van der Waals surface area contributed by atoms with Crippen molar-refractivity contribution in [2.45, 2.75) is 13.5 Å². The molecule has 3 aromatic rings. The number of hydrogen-bond donors (Lipinski definition) is 0. The standard InChI is InChI=1S/C18H11Cl2NO6/c1-9-4-16-12(7-14(9)20)10(5-17(22)27-16)8-26-18(23)13-6-11(19)2-3-15(13)21(24)25/h2-7H,8H2,1H3. The summed E-state index contributed by atoms with van der Waals surface area (Å²) < 4.78 is 10.3. The molecular formula is C18H11Cl2NO6. The van der Waals surface area contributed by atoms with E-state index in [4.69, 9.17) is 32.4 Å². The topological polar surface area (TPSA) is 99.7 Å². The molecule has 2 aromatic carbocycles. The Morgan fingerprint density at radius 1 is 1.22 bits per heavy atom. The molecule has 0 fully saturated rings. The fourth-order valence-corrected chi connectivity index (χ4v) is 2.86. The van der Waals surface area contributed by atoms with E-state index >= 15 is 0 Å². The average Bonchev–Trinajstić information content (AvgIpc) is 2.60. The molecule has 138 valence electrons. The van der Waals surface area contributed by atoms with E-state index in [1.807, 2.05) is 0 Å². The van der Waals surface area contributed by atoms with Crippen LogP contribution in [0.4, 0.5) is 5.69 Å². The number of fused-ring (bicyclic) bond motifs is 1. The number of aryl methyl sites for hydroxylation is 1. The quantitative estimate of drug-likeness (QED) is 0.269. The summed E-state index contributed by atoms with van der Waals surface area (Å²) in [6, 6.07) is 7.95. The van der Waals surface area contributed by atoms with Crippen molar-refractivity contribution in [1.82, 2.24) is 0 Å². The lowest BCUT2D eigenvalue weighted by Gasteiger charge is -2.09. The summed E-state index contributed by atoms with van der Waals surface area (Å²) in [5, 5.41) is 12.2. The second-order valence-electron chi connectivity index (χ2n) is 5.68. The Bertz CT molecular complexity index is 1140. The lowest BCUT2D eigenvalue weighted by Crippen LogP contribution is -2.10. The minimum absolute atomic E-state index is 0.153. The van der Waals surface area contributed by atoms with Crippen LogP contribution in [0.2, 0.25) is 10.0 Å². The molecule has 7 nitrogen and oxygen atoms in total. The van der Waals surface area contributed by atoms with E-state index in [1.165, 1.54) is 12.1 Å². The van der Waals surface area contributed by atoms with Crippen LogP contribution >= 0.6 is 23.2 Å². The molecular weight excluding hydrogens is 397 g/mol. The number of halogens is 2. The van der Waals surface area contributed by atoms with Gasteiger partial charge in [-0.3, -0.25) is 10.1 Å². The Morgan fingerprint density at radius 3 is 2.67 bits per heavy atom. The third-order valence-corrected chi connectivity index (χ3v) is 4.49. The van der Waals surface area contributed by atoms with Crippen molar-refractivity contribution in [1.29, 1.82) is 0 Å². The highest BCUT2D eigenvalue weighted by atomic mass is 35.5. The van der Waals surface area contributed by atoms with Crippen LogP contribution in [0.15, 0.2) is 45.6 Å². The molecule has 0 radical (unpaired) electrons. The second kappa shape index (κ2) is 7.38. The summed E-state index contributed by atoms with van der Waals surface area (Å²) in [6.45, 7) is 1.46. The highest BCUT2D eigenvalue weighted by Crippen LogP contribution is 2.27. The van der Waals surface area contributed by atoms with Crippen molar-refractivity contribution in [3.63, 3.8) is 0 Å². The number of hydrogen-bond acceptors (Lipinski definition) is 6. The fourth-order valence-electron chi connectivity index (χ4n) is 2.52. The van der Waals surface area contributed by atoms with Gasteiger partial charge >= 0.3 is 11.6 Å². The number of carbonyl (C=O) groups is 1. The summed E-state index contributed by atoms with van der Waals surface area (Å²) in [6.07, 6.45) is 0. The lowest BCUT2D eigenvalue weighted by atomic mass is 10.1. The maximum absolute atomic E-state index is 12.3. The van der Waals surface area contributed by atoms with E-state index < -0.39 is 22.2 Å². The molecule has 0 saturated carbocycles. The molecule has 0 N–H and O–H groups in total. The zero-order chi connectivity index (χ0) is 19.7. The first kappa shape index (κ1) is 18.9. The highest BCUT2D eigenvalue weighted by molar-refractivity contribution is 6.32. The van der Waals surface area contributed by atoms with E-state index in [0.717, 1.165) is 17.7 Å². The van der Waals surface area contributed by atoms with Gasteiger partial charge in [-0.05, 0) is 36.8 Å². The van der Waals surface area contributed by atoms with Gasteiger partial charge in [0.1, 0.15) is 17.8 Å². The van der Waals surface area contributed by atoms with E-state index in [0.29, 0.717) is 21.6 Å². The van der Waals surface area contributed by atoms with Crippen molar-refractivity contribution in [3.05, 3.63) is 83.7 Å². The largest absolute Gasteiger partial charge is 0.457 e. The van der Waals surface area contributed by atoms with Gasteiger partial charge in [-0.1, -0.05) is 23.2 Å². The van der Waals surface area contributed by atoms with E-state index in [9.17, 15) is 19.7 Å². The molecule has 1 heterocycles. The van der Waals surface area contributed by atoms with Gasteiger partial charge in [-0.25, -0.2) is 9.59 Å². The van der Waals surface area contributed by atoms with Crippen molar-refractivity contribution in [3.8, 4) is 0 Å². The van der Waals surface area contributed by atoms with Gasteiger partial charge in [0.15, 0.2) is 0 Å². The van der Waals surface area contributed by atoms with E-state index in [2.05, 4.69) is 0 Å². The minimum atomic E-state index is -0.941. The molecule has 9 heteroatoms. The van der Waals surface area contributed by atoms with Gasteiger partial charge < -0.3 is 9.15 Å². The average molecular weight is 408 g/mol. The Labute approximate surface area is 162 Å². The molecule has 1 aromatic heterocycles. The predicted molar refractivity (Wildman–Crippen MR) is 99.5 cm³/mol. The van der Waals surface area contributed by atoms with Gasteiger partial charge in [0.2, 0.25) is 0 Å². The molecule has 0 bridgehead atoms. The zero-order valence-electron chi connectivity index (χ0n) is 13.8. The molecule has 27 heavy (non-hydrogen) atoms. The zero-order valence-corrected chi connectivity index (χ0v) is 15.3. The smallest absolute Gasteiger partial charge is 0.345 e. The van der Waals surface area contributed by atoms with Crippen LogP contribution in [-0.2, 0) is 11.3 Å². The Balaban J connectivity index is 1.95. The first-order valence-electron chi connectivity index (χ1n) is 7.60. The van der Waals surface area contributed by atoms with E-state index in [1.54, 1.807) is 19.1 Å². The van der Waals surface area contributed by atoms with Crippen LogP contribution in [0, 0.1) is 17.0 Å². The van der Waals surface area contributed by atoms with Crippen LogP contribution in [0.1, 0.15) is 21.5 Å². The maximum Gasteiger partial charge on any atom is 0.345 e. The Kier molecular flexibility index (Phi) is 5.16. The fraction of sp³-hybridized carbons (Fsp3) is 0.111. The SMILES string of the molecule is Cc1cc2oc(=O)cc(COC(=O)c3cc(Cl)ccc3[N+](=O)[O-])c2cc1Cl. The number of nitro benzene ring substituents is 1. The molecule has 0 unspecified atom stereocenters. The van der Waals surface area contributed by atoms with Gasteiger partial charge in [-0.15, -0.1) is 0 Å². The number of esters is 1. The lowest BCUT2D eigenvalue weighted by molar-refractivity contribution is -0.385. The summed E-state index contributed by atoms with van der Waals surface area (Å²) in [5.74, 6) is -0.941. The third kappa shape index (κ3) is 3.94. The van der Waals surface area contributed by atoms with Crippen molar-refractivity contribution in [2.75, 3.05) is 0 Å². The highest BCUT2D eigenvalue weighted by Gasteiger charge is 2.22. The normalized spacial score (nSPS) is 10.8. The third-order valence-electron chi connectivity index (χ3n) is 3.84. The van der Waals surface area contributed by atoms with Crippen LogP contribution in [0.25, 0.3) is 11.0 Å². The molecule has 0 atom stereocenters. The van der Waals surface area contributed by atoms with Crippen molar-refractivity contribution < 1.29 is 18.9 Å². The minimum Gasteiger partial charge on any atom is -0.457 e. The van der Waals surface area contributed by atoms with Crippen molar-refractivity contribution in [2.24, 2.45) is 0 Å². The first-order valence-corrected chi connectivity index (χ1v) is 8.36. The number of carbonyl (C=O) groups excluding carboxylic acids is 1. The van der Waals surface area contributed by atoms with Crippen molar-refractivity contribution >= 4 is 45.8 Å². The first-order chi connectivity index (χ1) is 12.8. The second-order valence-corrected chi connectivity index (χ2v) is 6.53. The van der Waals surface area contributed by atoms with Gasteiger partial charge in [0.25, 0.3) is 5.69 Å². The Hall–Kier alpha value is -2.90. The van der Waals surface area contributed by atoms with Crippen LogP contribution < -0.4 is 5.63 Å². The summed E-state index contributed by atoms with van der Waals surface area (Å²) >= 11 is 11.9. The summed E-state index contributed by atoms with van der Waals surface area (Å²) in [5.41, 5.74) is 0.0412. The molecule has 0 amide bonds. The molecule has 0 spiro atoms. The van der Waals surface area contributed by atoms with Crippen LogP contribution in [0.3, 0.4) is 0 Å². The van der Waals surface area contributed by atoms with Crippen LogP contribution in [-0.4, -0.2) is 10.9 Å². The Morgan fingerprint density at radius 2 is 1.96 bits per heavy atom. The van der Waals surface area contributed by atoms with Gasteiger partial charge in [0.05, 0.1) is 4.92 Å². The van der Waals surface area contributed by atoms with Gasteiger partial charge in [-0.2, -0.15) is 0 Å². The monoisotopic (exact) mass is 407 g/mol. The number of nitrogens with zero attached hydrogens (tertiary/aromatic N) is 1. The molecule has 0 aliphatic carbocycles. The molecule has 0 saturated heterocycles. The van der Waals surface area contributed by atoms with Crippen LogP contribution in [0.5, 0.6) is 0 Å². The molecule has 0 aliphatic rings. The summed E-state index contributed by atoms with van der Waals surface area (Å²) in [4.78, 5) is 34.5. The predicted octanol–water partition coefficient (Wildman–Crippen LogP) is 4.67. The number of benzene rings is 2. The number of rotatable bonds is 4. The summed E-state index contributed by atoms with van der Waals surface area (Å²) in [7, 11) is 0. The van der Waals surface area contributed by atoms with Gasteiger partial charge in [0, 0.05) is 33.1 Å². The number of nitro groups is 1. The number of ether oxygens (including phenoxy) is 1. The molecule has 3 rings (SSSR count).